The quantitative estimate of drug-likeness (QED) is 0.267. The molecule has 0 aliphatic carbocycles. The van der Waals surface area contributed by atoms with E-state index in [0.717, 1.165) is 22.6 Å². The number of para-hydroxylation sites is 2. The molecular formula is C34H23N3. The zero-order chi connectivity index (χ0) is 24.3. The zero-order valence-corrected chi connectivity index (χ0v) is 20.1. The highest BCUT2D eigenvalue weighted by molar-refractivity contribution is 6.28. The van der Waals surface area contributed by atoms with Crippen molar-refractivity contribution in [1.82, 2.24) is 4.57 Å². The number of anilines is 1. The third-order valence-electron chi connectivity index (χ3n) is 7.61. The number of hydrogen-bond donors (Lipinski definition) is 1. The van der Waals surface area contributed by atoms with Crippen LogP contribution in [-0.4, -0.2) is 10.3 Å². The molecule has 37 heavy (non-hydrogen) atoms. The molecular weight excluding hydrogens is 450 g/mol. The second-order valence-corrected chi connectivity index (χ2v) is 9.66. The average molecular weight is 474 g/mol. The van der Waals surface area contributed by atoms with Crippen molar-refractivity contribution in [2.75, 3.05) is 5.32 Å². The fraction of sp³-hybridized carbons (Fsp3) is 0.0294. The van der Waals surface area contributed by atoms with Crippen molar-refractivity contribution in [3.63, 3.8) is 0 Å². The molecule has 174 valence electrons. The van der Waals surface area contributed by atoms with Gasteiger partial charge in [-0.15, -0.1) is 0 Å². The van der Waals surface area contributed by atoms with E-state index >= 15 is 0 Å². The molecule has 3 heteroatoms. The van der Waals surface area contributed by atoms with Gasteiger partial charge in [0.25, 0.3) is 0 Å². The molecule has 3 nitrogen and oxygen atoms in total. The van der Waals surface area contributed by atoms with Gasteiger partial charge < -0.3 is 9.88 Å². The van der Waals surface area contributed by atoms with E-state index in [1.807, 2.05) is 6.07 Å². The van der Waals surface area contributed by atoms with Crippen LogP contribution in [-0.2, 0) is 0 Å². The normalized spacial score (nSPS) is 15.1. The maximum absolute atomic E-state index is 5.22. The Hall–Kier alpha value is -4.89. The van der Waals surface area contributed by atoms with Gasteiger partial charge in [-0.3, -0.25) is 0 Å². The second-order valence-electron chi connectivity index (χ2n) is 9.66. The van der Waals surface area contributed by atoms with Crippen LogP contribution in [0.15, 0.2) is 132 Å². The molecule has 6 aromatic carbocycles. The van der Waals surface area contributed by atoms with E-state index in [4.69, 9.17) is 4.99 Å². The fourth-order valence-electron chi connectivity index (χ4n) is 5.97. The minimum atomic E-state index is -0.167. The first-order valence-electron chi connectivity index (χ1n) is 12.7. The Morgan fingerprint density at radius 2 is 1.11 bits per heavy atom. The molecule has 0 bridgehead atoms. The van der Waals surface area contributed by atoms with E-state index in [-0.39, 0.29) is 6.17 Å². The van der Waals surface area contributed by atoms with Gasteiger partial charge >= 0.3 is 0 Å². The molecule has 1 aliphatic rings. The summed E-state index contributed by atoms with van der Waals surface area (Å²) in [7, 11) is 0. The van der Waals surface area contributed by atoms with Gasteiger partial charge in [0, 0.05) is 16.3 Å². The molecule has 1 unspecified atom stereocenters. The predicted octanol–water partition coefficient (Wildman–Crippen LogP) is 8.85. The highest BCUT2D eigenvalue weighted by Gasteiger charge is 2.29. The molecule has 0 spiro atoms. The van der Waals surface area contributed by atoms with Crippen LogP contribution in [0.5, 0.6) is 0 Å². The number of hydrogen-bond acceptors (Lipinski definition) is 2. The molecule has 0 amide bonds. The van der Waals surface area contributed by atoms with Gasteiger partial charge in [-0.05, 0) is 45.8 Å². The molecule has 1 atom stereocenters. The van der Waals surface area contributed by atoms with Crippen molar-refractivity contribution in [3.8, 4) is 0 Å². The Labute approximate surface area is 214 Å². The lowest BCUT2D eigenvalue weighted by Gasteiger charge is -2.30. The van der Waals surface area contributed by atoms with Gasteiger partial charge in [0.15, 0.2) is 0 Å². The van der Waals surface area contributed by atoms with Crippen LogP contribution in [0.1, 0.15) is 11.7 Å². The lowest BCUT2D eigenvalue weighted by Crippen LogP contribution is -2.30. The van der Waals surface area contributed by atoms with E-state index in [9.17, 15) is 0 Å². The molecule has 0 radical (unpaired) electrons. The number of nitrogens with one attached hydrogen (secondary N) is 1. The van der Waals surface area contributed by atoms with E-state index in [1.165, 1.54) is 43.4 Å². The minimum Gasteiger partial charge on any atom is -0.358 e. The van der Waals surface area contributed by atoms with Crippen LogP contribution in [0.4, 0.5) is 11.4 Å². The summed E-state index contributed by atoms with van der Waals surface area (Å²) in [5.74, 6) is 0. The van der Waals surface area contributed by atoms with Crippen molar-refractivity contribution in [3.05, 3.63) is 133 Å². The number of benzene rings is 6. The number of fused-ring (bicyclic) bond motifs is 8. The monoisotopic (exact) mass is 473 g/mol. The maximum Gasteiger partial charge on any atom is 0.148 e. The van der Waals surface area contributed by atoms with Gasteiger partial charge in [0.05, 0.1) is 28.1 Å². The van der Waals surface area contributed by atoms with Crippen LogP contribution in [0.3, 0.4) is 0 Å². The van der Waals surface area contributed by atoms with Crippen LogP contribution >= 0.6 is 0 Å². The molecule has 0 saturated carbocycles. The molecule has 1 aromatic heterocycles. The Morgan fingerprint density at radius 1 is 0.541 bits per heavy atom. The lowest BCUT2D eigenvalue weighted by molar-refractivity contribution is 0.759. The number of aromatic nitrogens is 1. The smallest absolute Gasteiger partial charge is 0.148 e. The van der Waals surface area contributed by atoms with E-state index in [0.29, 0.717) is 0 Å². The van der Waals surface area contributed by atoms with Crippen LogP contribution < -0.4 is 5.32 Å². The summed E-state index contributed by atoms with van der Waals surface area (Å²) in [5, 5.41) is 11.5. The standard InChI is InChI=1S/C34H23N3/c1-2-12-24(13-3-1)33-34(36-28-17-9-8-16-27(28)35-33)37-29-20-18-22-10-4-6-14-25(22)31(29)32-26-15-7-5-11-23(26)19-21-30(32)37/h1-21,34,36H. The maximum atomic E-state index is 5.22. The molecule has 1 N–H and O–H groups in total. The third-order valence-corrected chi connectivity index (χ3v) is 7.61. The number of aliphatic imine (C=N–C) groups is 1. The highest BCUT2D eigenvalue weighted by Crippen LogP contribution is 2.43. The molecule has 8 rings (SSSR count). The summed E-state index contributed by atoms with van der Waals surface area (Å²) in [4.78, 5) is 5.22. The van der Waals surface area contributed by atoms with E-state index in [2.05, 4.69) is 131 Å². The molecule has 0 fully saturated rings. The van der Waals surface area contributed by atoms with Crippen LogP contribution in [0.25, 0.3) is 43.4 Å². The van der Waals surface area contributed by atoms with Crippen LogP contribution in [0, 0.1) is 0 Å². The topological polar surface area (TPSA) is 29.3 Å². The van der Waals surface area contributed by atoms with Gasteiger partial charge in [-0.25, -0.2) is 4.99 Å². The zero-order valence-electron chi connectivity index (χ0n) is 20.1. The predicted molar refractivity (Wildman–Crippen MR) is 156 cm³/mol. The van der Waals surface area contributed by atoms with E-state index < -0.39 is 0 Å². The molecule has 2 heterocycles. The summed E-state index contributed by atoms with van der Waals surface area (Å²) in [6.45, 7) is 0. The van der Waals surface area contributed by atoms with E-state index in [1.54, 1.807) is 0 Å². The first-order chi connectivity index (χ1) is 18.4. The van der Waals surface area contributed by atoms with Crippen molar-refractivity contribution in [1.29, 1.82) is 0 Å². The summed E-state index contributed by atoms with van der Waals surface area (Å²) in [6.07, 6.45) is -0.167. The summed E-state index contributed by atoms with van der Waals surface area (Å²) in [6, 6.07) is 45.3. The van der Waals surface area contributed by atoms with Crippen molar-refractivity contribution in [2.24, 2.45) is 4.99 Å². The van der Waals surface area contributed by atoms with Crippen LogP contribution in [0.2, 0.25) is 0 Å². The molecule has 7 aromatic rings. The summed E-state index contributed by atoms with van der Waals surface area (Å²) >= 11 is 0. The van der Waals surface area contributed by atoms with Gasteiger partial charge in [0.1, 0.15) is 6.17 Å². The van der Waals surface area contributed by atoms with Gasteiger partial charge in [-0.1, -0.05) is 103 Å². The van der Waals surface area contributed by atoms with Gasteiger partial charge in [-0.2, -0.15) is 0 Å². The largest absolute Gasteiger partial charge is 0.358 e. The minimum absolute atomic E-state index is 0.167. The van der Waals surface area contributed by atoms with Crippen molar-refractivity contribution in [2.45, 2.75) is 6.17 Å². The number of nitrogens with zero attached hydrogens (tertiary/aromatic N) is 2. The second kappa shape index (κ2) is 7.81. The third kappa shape index (κ3) is 2.98. The highest BCUT2D eigenvalue weighted by atomic mass is 15.2. The summed E-state index contributed by atoms with van der Waals surface area (Å²) < 4.78 is 2.45. The first kappa shape index (κ1) is 20.3. The van der Waals surface area contributed by atoms with Gasteiger partial charge in [0.2, 0.25) is 0 Å². The SMILES string of the molecule is c1ccc(C2=Nc3ccccc3NC2n2c3ccc4ccccc4c3c3c4ccccc4ccc32)cc1. The Bertz CT molecular complexity index is 1920. The summed E-state index contributed by atoms with van der Waals surface area (Å²) in [5.41, 5.74) is 6.54. The fourth-order valence-corrected chi connectivity index (χ4v) is 5.97. The van der Waals surface area contributed by atoms with Crippen molar-refractivity contribution < 1.29 is 0 Å². The number of rotatable bonds is 2. The lowest BCUT2D eigenvalue weighted by atomic mass is 10.00. The Kier molecular flexibility index (Phi) is 4.29. The Morgan fingerprint density at radius 3 is 1.78 bits per heavy atom. The molecule has 0 saturated heterocycles. The Balaban J connectivity index is 1.53. The first-order valence-corrected chi connectivity index (χ1v) is 12.7. The van der Waals surface area contributed by atoms with Crippen molar-refractivity contribution >= 4 is 60.4 Å². The average Bonchev–Trinajstić information content (AvgIpc) is 3.32. The molecule has 1 aliphatic heterocycles.